The van der Waals surface area contributed by atoms with Gasteiger partial charge in [-0.25, -0.2) is 0 Å². The number of hydrogen-bond donors (Lipinski definition) is 0. The lowest BCUT2D eigenvalue weighted by atomic mass is 9.45. The Labute approximate surface area is 258 Å². The van der Waals surface area contributed by atoms with Gasteiger partial charge < -0.3 is 18.9 Å². The topological polar surface area (TPSA) is 105 Å². The van der Waals surface area contributed by atoms with Crippen molar-refractivity contribution in [2.45, 2.75) is 138 Å². The number of rotatable bonds is 9. The maximum atomic E-state index is 12.4. The van der Waals surface area contributed by atoms with E-state index in [9.17, 15) is 19.2 Å². The van der Waals surface area contributed by atoms with Crippen LogP contribution in [0.2, 0.25) is 0 Å². The van der Waals surface area contributed by atoms with Gasteiger partial charge in [0.25, 0.3) is 0 Å². The van der Waals surface area contributed by atoms with Gasteiger partial charge in [0, 0.05) is 27.7 Å². The molecule has 10 atom stereocenters. The summed E-state index contributed by atoms with van der Waals surface area (Å²) in [6.45, 7) is 15.1. The number of carbonyl (C=O) groups is 4. The van der Waals surface area contributed by atoms with Gasteiger partial charge in [-0.15, -0.1) is 0 Å². The molecule has 0 spiro atoms. The van der Waals surface area contributed by atoms with Crippen molar-refractivity contribution in [1.29, 1.82) is 0 Å². The summed E-state index contributed by atoms with van der Waals surface area (Å²) in [6.07, 6.45) is 8.79. The molecule has 8 heteroatoms. The molecule has 0 aromatic heterocycles. The SMILES string of the molecule is CC(=O)OCC(C)CCC(OC(C)=O)C(C)=C1C(OC(C)=O)CC2C3CCC4CC(OC(C)=O)CCC4(C)C3CCC12C. The summed E-state index contributed by atoms with van der Waals surface area (Å²) in [7, 11) is 0. The number of esters is 4. The van der Waals surface area contributed by atoms with E-state index in [1.807, 2.05) is 6.92 Å². The summed E-state index contributed by atoms with van der Waals surface area (Å²) in [5, 5.41) is 0. The quantitative estimate of drug-likeness (QED) is 0.163. The minimum absolute atomic E-state index is 0.0351. The van der Waals surface area contributed by atoms with E-state index in [1.165, 1.54) is 27.7 Å². The normalized spacial score (nSPS) is 37.5. The molecule has 0 amide bonds. The minimum Gasteiger partial charge on any atom is -0.466 e. The van der Waals surface area contributed by atoms with E-state index >= 15 is 0 Å². The molecule has 43 heavy (non-hydrogen) atoms. The van der Waals surface area contributed by atoms with E-state index in [2.05, 4.69) is 20.8 Å². The van der Waals surface area contributed by atoms with Crippen LogP contribution in [-0.2, 0) is 38.1 Å². The molecule has 0 aromatic rings. The third kappa shape index (κ3) is 7.14. The molecule has 0 radical (unpaired) electrons. The average molecular weight is 603 g/mol. The lowest BCUT2D eigenvalue weighted by Crippen LogP contribution is -2.53. The van der Waals surface area contributed by atoms with Crippen LogP contribution in [0.5, 0.6) is 0 Å². The van der Waals surface area contributed by atoms with Crippen LogP contribution in [0.1, 0.15) is 120 Å². The molecule has 0 aliphatic heterocycles. The predicted octanol–water partition coefficient (Wildman–Crippen LogP) is 6.73. The lowest BCUT2D eigenvalue weighted by molar-refractivity contribution is -0.158. The maximum absolute atomic E-state index is 12.4. The highest BCUT2D eigenvalue weighted by Gasteiger charge is 2.62. The molecule has 8 nitrogen and oxygen atoms in total. The molecule has 0 N–H and O–H groups in total. The standard InChI is InChI=1S/C35H54O8/c1-20(19-40-22(3)36)9-12-31(42-24(5)38)21(2)33-32(43-25(6)39)18-30-28-11-10-26-17-27(41-23(4)37)13-15-34(26,7)29(28)14-16-35(30,33)8/h20,26-32H,9-19H2,1-8H3. The van der Waals surface area contributed by atoms with Crippen molar-refractivity contribution in [3.8, 4) is 0 Å². The Morgan fingerprint density at radius 1 is 0.791 bits per heavy atom. The highest BCUT2D eigenvalue weighted by molar-refractivity contribution is 5.68. The average Bonchev–Trinajstić information content (AvgIpc) is 3.20. The van der Waals surface area contributed by atoms with Crippen LogP contribution in [-0.4, -0.2) is 48.8 Å². The summed E-state index contributed by atoms with van der Waals surface area (Å²) in [5.41, 5.74) is 2.23. The zero-order valence-corrected chi connectivity index (χ0v) is 27.7. The first-order chi connectivity index (χ1) is 20.2. The fraction of sp³-hybridized carbons (Fsp3) is 0.829. The van der Waals surface area contributed by atoms with Gasteiger partial charge in [0.2, 0.25) is 0 Å². The van der Waals surface area contributed by atoms with Crippen LogP contribution in [0.15, 0.2) is 11.1 Å². The fourth-order valence-electron chi connectivity index (χ4n) is 9.89. The van der Waals surface area contributed by atoms with Gasteiger partial charge >= 0.3 is 23.9 Å². The highest BCUT2D eigenvalue weighted by atomic mass is 16.6. The Bertz CT molecular complexity index is 1110. The third-order valence-corrected chi connectivity index (χ3v) is 11.8. The van der Waals surface area contributed by atoms with Crippen molar-refractivity contribution in [1.82, 2.24) is 0 Å². The summed E-state index contributed by atoms with van der Waals surface area (Å²) in [5.74, 6) is 1.08. The van der Waals surface area contributed by atoms with Crippen molar-refractivity contribution in [2.75, 3.05) is 6.61 Å². The van der Waals surface area contributed by atoms with E-state index in [0.29, 0.717) is 36.7 Å². The Balaban J connectivity index is 1.61. The van der Waals surface area contributed by atoms with Crippen molar-refractivity contribution < 1.29 is 38.1 Å². The second kappa shape index (κ2) is 13.3. The molecule has 4 aliphatic carbocycles. The molecule has 242 valence electrons. The molecular formula is C35H54O8. The summed E-state index contributed by atoms with van der Waals surface area (Å²) in [6, 6.07) is 0. The molecule has 4 fully saturated rings. The Hall–Kier alpha value is -2.38. The largest absolute Gasteiger partial charge is 0.466 e. The second-order valence-corrected chi connectivity index (χ2v) is 14.6. The first kappa shape index (κ1) is 33.5. The summed E-state index contributed by atoms with van der Waals surface area (Å²) >= 11 is 0. The van der Waals surface area contributed by atoms with Crippen LogP contribution in [0.25, 0.3) is 0 Å². The smallest absolute Gasteiger partial charge is 0.303 e. The predicted molar refractivity (Wildman–Crippen MR) is 162 cm³/mol. The van der Waals surface area contributed by atoms with Crippen LogP contribution < -0.4 is 0 Å². The van der Waals surface area contributed by atoms with E-state index in [0.717, 1.165) is 68.9 Å². The number of ether oxygens (including phenoxy) is 4. The van der Waals surface area contributed by atoms with Crippen molar-refractivity contribution in [3.63, 3.8) is 0 Å². The minimum atomic E-state index is -0.427. The van der Waals surface area contributed by atoms with Crippen molar-refractivity contribution in [2.24, 2.45) is 40.4 Å². The monoisotopic (exact) mass is 602 g/mol. The lowest BCUT2D eigenvalue weighted by Gasteiger charge is -2.60. The van der Waals surface area contributed by atoms with Crippen LogP contribution >= 0.6 is 0 Å². The molecule has 4 aliphatic rings. The number of carbonyl (C=O) groups excluding carboxylic acids is 4. The van der Waals surface area contributed by atoms with Crippen molar-refractivity contribution in [3.05, 3.63) is 11.1 Å². The van der Waals surface area contributed by atoms with Gasteiger partial charge in [-0.05, 0) is 123 Å². The fourth-order valence-corrected chi connectivity index (χ4v) is 9.89. The highest BCUT2D eigenvalue weighted by Crippen LogP contribution is 2.68. The van der Waals surface area contributed by atoms with Crippen molar-refractivity contribution >= 4 is 23.9 Å². The number of hydrogen-bond acceptors (Lipinski definition) is 8. The second-order valence-electron chi connectivity index (χ2n) is 14.6. The number of fused-ring (bicyclic) bond motifs is 5. The van der Waals surface area contributed by atoms with Crippen LogP contribution in [0.3, 0.4) is 0 Å². The molecule has 0 heterocycles. The first-order valence-electron chi connectivity index (χ1n) is 16.5. The molecule has 0 bridgehead atoms. The first-order valence-corrected chi connectivity index (χ1v) is 16.5. The van der Waals surface area contributed by atoms with Gasteiger partial charge in [0.05, 0.1) is 6.61 Å². The molecule has 4 rings (SSSR count). The molecule has 0 saturated heterocycles. The summed E-state index contributed by atoms with van der Waals surface area (Å²) in [4.78, 5) is 47.6. The maximum Gasteiger partial charge on any atom is 0.303 e. The summed E-state index contributed by atoms with van der Waals surface area (Å²) < 4.78 is 22.9. The third-order valence-electron chi connectivity index (χ3n) is 11.8. The molecule has 4 saturated carbocycles. The van der Waals surface area contributed by atoms with Gasteiger partial charge in [-0.2, -0.15) is 0 Å². The van der Waals surface area contributed by atoms with Gasteiger partial charge in [0.1, 0.15) is 18.3 Å². The van der Waals surface area contributed by atoms with E-state index in [-0.39, 0.29) is 52.8 Å². The zero-order valence-electron chi connectivity index (χ0n) is 27.7. The van der Waals surface area contributed by atoms with Crippen LogP contribution in [0, 0.1) is 40.4 Å². The van der Waals surface area contributed by atoms with Gasteiger partial charge in [-0.3, -0.25) is 19.2 Å². The Morgan fingerprint density at radius 3 is 2.12 bits per heavy atom. The molecule has 0 aromatic carbocycles. The van der Waals surface area contributed by atoms with Crippen LogP contribution in [0.4, 0.5) is 0 Å². The Kier molecular flexibility index (Phi) is 10.4. The van der Waals surface area contributed by atoms with E-state index < -0.39 is 6.10 Å². The van der Waals surface area contributed by atoms with E-state index in [4.69, 9.17) is 18.9 Å². The Morgan fingerprint density at radius 2 is 1.49 bits per heavy atom. The molecular weight excluding hydrogens is 548 g/mol. The van der Waals surface area contributed by atoms with Gasteiger partial charge in [-0.1, -0.05) is 20.8 Å². The van der Waals surface area contributed by atoms with Gasteiger partial charge in [0.15, 0.2) is 0 Å². The zero-order chi connectivity index (χ0) is 31.7. The van der Waals surface area contributed by atoms with E-state index in [1.54, 1.807) is 0 Å². The molecule has 10 unspecified atom stereocenters.